The van der Waals surface area contributed by atoms with E-state index in [0.717, 1.165) is 17.0 Å². The molecule has 40 heavy (non-hydrogen) atoms. The van der Waals surface area contributed by atoms with Gasteiger partial charge in [-0.3, -0.25) is 4.79 Å². The molecule has 4 rings (SSSR count). The van der Waals surface area contributed by atoms with E-state index in [9.17, 15) is 35.5 Å². The fourth-order valence-electron chi connectivity index (χ4n) is 4.45. The Morgan fingerprint density at radius 3 is 2.00 bits per heavy atom. The molecule has 5 nitrogen and oxygen atoms in total. The van der Waals surface area contributed by atoms with E-state index in [0.29, 0.717) is 35.8 Å². The molecule has 0 fully saturated rings. The lowest BCUT2D eigenvalue weighted by Crippen LogP contribution is -2.42. The minimum Gasteiger partial charge on any atom is -0.313 e. The first-order valence-electron chi connectivity index (χ1n) is 11.8. The molecule has 2 aromatic carbocycles. The van der Waals surface area contributed by atoms with Gasteiger partial charge in [-0.25, -0.2) is 18.4 Å². The van der Waals surface area contributed by atoms with Crippen molar-refractivity contribution in [2.24, 2.45) is 0 Å². The maximum absolute atomic E-state index is 15.0. The van der Waals surface area contributed by atoms with Crippen LogP contribution in [0.5, 0.6) is 0 Å². The molecule has 0 aliphatic heterocycles. The van der Waals surface area contributed by atoms with Crippen LogP contribution in [0.2, 0.25) is 0 Å². The quantitative estimate of drug-likeness (QED) is 0.236. The van der Waals surface area contributed by atoms with Gasteiger partial charge < -0.3 is 4.90 Å². The van der Waals surface area contributed by atoms with Gasteiger partial charge in [0.15, 0.2) is 5.65 Å². The minimum absolute atomic E-state index is 0.0187. The Labute approximate surface area is 223 Å². The van der Waals surface area contributed by atoms with Crippen molar-refractivity contribution < 1.29 is 39.9 Å². The number of anilines is 1. The van der Waals surface area contributed by atoms with E-state index >= 15 is 4.39 Å². The molecule has 0 unspecified atom stereocenters. The molecular weight excluding hydrogens is 548 g/mol. The molecule has 0 atom stereocenters. The summed E-state index contributed by atoms with van der Waals surface area (Å²) in [5, 5.41) is 4.49. The zero-order valence-electron chi connectivity index (χ0n) is 21.5. The van der Waals surface area contributed by atoms with Crippen molar-refractivity contribution in [2.75, 3.05) is 11.9 Å². The zero-order valence-corrected chi connectivity index (χ0v) is 21.5. The van der Waals surface area contributed by atoms with Crippen LogP contribution in [-0.4, -0.2) is 27.7 Å². The van der Waals surface area contributed by atoms with Crippen LogP contribution in [0.15, 0.2) is 48.8 Å². The highest BCUT2D eigenvalue weighted by atomic mass is 19.4. The summed E-state index contributed by atoms with van der Waals surface area (Å²) in [6.07, 6.45) is -7.62. The van der Waals surface area contributed by atoms with Crippen molar-refractivity contribution >= 4 is 22.6 Å². The minimum atomic E-state index is -5.11. The third kappa shape index (κ3) is 5.11. The molecule has 0 N–H and O–H groups in total. The molecule has 0 saturated heterocycles. The van der Waals surface area contributed by atoms with Gasteiger partial charge in [-0.05, 0) is 56.7 Å². The molecule has 2 heterocycles. The molecule has 0 aliphatic carbocycles. The number of amides is 1. The van der Waals surface area contributed by atoms with Crippen LogP contribution in [0.4, 0.5) is 40.8 Å². The van der Waals surface area contributed by atoms with E-state index in [1.54, 1.807) is 6.92 Å². The molecule has 0 radical (unpaired) electrons. The highest BCUT2D eigenvalue weighted by Crippen LogP contribution is 2.42. The number of alkyl halides is 6. The second-order valence-electron chi connectivity index (χ2n) is 9.62. The zero-order chi connectivity index (χ0) is 29.8. The lowest BCUT2D eigenvalue weighted by molar-refractivity contribution is -0.143. The maximum Gasteiger partial charge on any atom is 0.416 e. The van der Waals surface area contributed by atoms with Crippen molar-refractivity contribution in [1.82, 2.24) is 14.8 Å². The molecule has 0 spiro atoms. The van der Waals surface area contributed by atoms with E-state index in [1.807, 2.05) is 0 Å². The summed E-state index contributed by atoms with van der Waals surface area (Å²) in [7, 11) is 1.24. The Bertz CT molecular complexity index is 1570. The van der Waals surface area contributed by atoms with Gasteiger partial charge in [0.25, 0.3) is 0 Å². The number of aryl methyl sites for hydroxylation is 1. The summed E-state index contributed by atoms with van der Waals surface area (Å²) < 4.78 is 111. The first kappa shape index (κ1) is 29.0. The van der Waals surface area contributed by atoms with Gasteiger partial charge in [0, 0.05) is 36.2 Å². The molecule has 212 valence electrons. The summed E-state index contributed by atoms with van der Waals surface area (Å²) in [5.74, 6) is -2.73. The predicted octanol–water partition coefficient (Wildman–Crippen LogP) is 7.37. The summed E-state index contributed by atoms with van der Waals surface area (Å²) in [4.78, 5) is 19.1. The third-order valence-electron chi connectivity index (χ3n) is 6.66. The van der Waals surface area contributed by atoms with Gasteiger partial charge in [0.05, 0.1) is 34.6 Å². The average molecular weight is 570 g/mol. The number of carbonyl (C=O) groups is 1. The van der Waals surface area contributed by atoms with E-state index in [1.165, 1.54) is 38.0 Å². The predicted molar refractivity (Wildman–Crippen MR) is 131 cm³/mol. The summed E-state index contributed by atoms with van der Waals surface area (Å²) in [6, 6.07) is 3.77. The first-order chi connectivity index (χ1) is 18.5. The van der Waals surface area contributed by atoms with Crippen LogP contribution in [-0.2, 0) is 29.1 Å². The monoisotopic (exact) mass is 570 g/mol. The van der Waals surface area contributed by atoms with E-state index in [4.69, 9.17) is 0 Å². The van der Waals surface area contributed by atoms with Crippen molar-refractivity contribution in [2.45, 2.75) is 45.1 Å². The van der Waals surface area contributed by atoms with Crippen LogP contribution in [0, 0.1) is 11.6 Å². The number of rotatable bonds is 5. The summed E-state index contributed by atoms with van der Waals surface area (Å²) in [6.45, 7) is 4.53. The SMILES string of the molecule is CCn1ncc2c(-c3ccc(F)cc3F)c(N(C)C(=O)C(C)(C)c3cc(C(F)(F)F)cc(C(F)(F)F)c3)cnc21. The van der Waals surface area contributed by atoms with Gasteiger partial charge in [0.2, 0.25) is 5.91 Å². The normalized spacial score (nSPS) is 12.7. The topological polar surface area (TPSA) is 51.0 Å². The number of nitrogens with zero attached hydrogens (tertiary/aromatic N) is 4. The van der Waals surface area contributed by atoms with Gasteiger partial charge in [-0.1, -0.05) is 0 Å². The molecule has 0 saturated carbocycles. The van der Waals surface area contributed by atoms with E-state index < -0.39 is 52.0 Å². The number of likely N-dealkylation sites (N-methyl/N-ethyl adjacent to an activating group) is 1. The van der Waals surface area contributed by atoms with E-state index in [-0.39, 0.29) is 22.9 Å². The number of benzene rings is 2. The van der Waals surface area contributed by atoms with Gasteiger partial charge in [-0.15, -0.1) is 0 Å². The Kier molecular flexibility index (Phi) is 7.14. The standard InChI is InChI=1S/C27H22F8N4O/c1-5-39-23-19(12-37-39)22(18-7-6-17(28)11-20(18)29)21(13-36-23)38(4)24(40)25(2,3)14-8-15(26(30,31)32)10-16(9-14)27(33,34)35/h6-13H,5H2,1-4H3. The molecule has 13 heteroatoms. The molecule has 0 aliphatic rings. The fourth-order valence-corrected chi connectivity index (χ4v) is 4.45. The molecule has 2 aromatic heterocycles. The van der Waals surface area contributed by atoms with Crippen molar-refractivity contribution in [3.63, 3.8) is 0 Å². The lowest BCUT2D eigenvalue weighted by atomic mass is 9.81. The third-order valence-corrected chi connectivity index (χ3v) is 6.66. The Balaban J connectivity index is 1.90. The van der Waals surface area contributed by atoms with Crippen LogP contribution < -0.4 is 4.90 Å². The largest absolute Gasteiger partial charge is 0.416 e. The molecular formula is C27H22F8N4O. The average Bonchev–Trinajstić information content (AvgIpc) is 3.29. The number of hydrogen-bond acceptors (Lipinski definition) is 3. The van der Waals surface area contributed by atoms with Crippen LogP contribution in [0.3, 0.4) is 0 Å². The van der Waals surface area contributed by atoms with Gasteiger partial charge in [0.1, 0.15) is 11.6 Å². The highest BCUT2D eigenvalue weighted by molar-refractivity contribution is 6.08. The fraction of sp³-hybridized carbons (Fsp3) is 0.296. The molecule has 4 aromatic rings. The van der Waals surface area contributed by atoms with Gasteiger partial charge in [-0.2, -0.15) is 31.4 Å². The second-order valence-corrected chi connectivity index (χ2v) is 9.62. The van der Waals surface area contributed by atoms with E-state index in [2.05, 4.69) is 10.1 Å². The number of pyridine rings is 1. The summed E-state index contributed by atoms with van der Waals surface area (Å²) >= 11 is 0. The highest BCUT2D eigenvalue weighted by Gasteiger charge is 2.41. The van der Waals surface area contributed by atoms with Crippen molar-refractivity contribution in [3.8, 4) is 11.1 Å². The molecule has 1 amide bonds. The van der Waals surface area contributed by atoms with Crippen molar-refractivity contribution in [3.05, 3.63) is 77.1 Å². The van der Waals surface area contributed by atoms with Gasteiger partial charge >= 0.3 is 12.4 Å². The lowest BCUT2D eigenvalue weighted by Gasteiger charge is -2.32. The Morgan fingerprint density at radius 1 is 0.900 bits per heavy atom. The number of hydrogen-bond donors (Lipinski definition) is 0. The number of halogens is 8. The molecule has 0 bridgehead atoms. The van der Waals surface area contributed by atoms with Crippen LogP contribution >= 0.6 is 0 Å². The van der Waals surface area contributed by atoms with Crippen LogP contribution in [0.1, 0.15) is 37.5 Å². The maximum atomic E-state index is 15.0. The number of carbonyl (C=O) groups excluding carboxylic acids is 1. The summed E-state index contributed by atoms with van der Waals surface area (Å²) in [5.41, 5.74) is -5.31. The Hall–Kier alpha value is -4.03. The second kappa shape index (κ2) is 9.86. The number of fused-ring (bicyclic) bond motifs is 1. The first-order valence-corrected chi connectivity index (χ1v) is 11.8. The van der Waals surface area contributed by atoms with Crippen molar-refractivity contribution in [1.29, 1.82) is 0 Å². The smallest absolute Gasteiger partial charge is 0.313 e. The van der Waals surface area contributed by atoms with Crippen LogP contribution in [0.25, 0.3) is 22.2 Å². The number of aromatic nitrogens is 3. The Morgan fingerprint density at radius 2 is 1.48 bits per heavy atom.